The van der Waals surface area contributed by atoms with Gasteiger partial charge in [-0.3, -0.25) is 4.79 Å². The quantitative estimate of drug-likeness (QED) is 0.602. The average Bonchev–Trinajstić information content (AvgIpc) is 2.52. The second kappa shape index (κ2) is 6.98. The van der Waals surface area contributed by atoms with Gasteiger partial charge in [-0.25, -0.2) is 4.79 Å². The van der Waals surface area contributed by atoms with Crippen molar-refractivity contribution in [1.82, 2.24) is 0 Å². The largest absolute Gasteiger partial charge is 0.496 e. The zero-order chi connectivity index (χ0) is 16.1. The molecule has 118 valence electrons. The molecular formula is C16H18O6. The zero-order valence-corrected chi connectivity index (χ0v) is 12.8. The van der Waals surface area contributed by atoms with Gasteiger partial charge in [-0.1, -0.05) is 0 Å². The highest BCUT2D eigenvalue weighted by atomic mass is 16.5. The van der Waals surface area contributed by atoms with Crippen LogP contribution in [0.2, 0.25) is 0 Å². The van der Waals surface area contributed by atoms with Crippen LogP contribution in [0.3, 0.4) is 0 Å². The van der Waals surface area contributed by atoms with Gasteiger partial charge in [0.15, 0.2) is 0 Å². The number of aryl methyl sites for hydroxylation is 1. The number of hydrogen-bond acceptors (Lipinski definition) is 6. The van der Waals surface area contributed by atoms with E-state index in [9.17, 15) is 9.59 Å². The molecular weight excluding hydrogens is 288 g/mol. The highest BCUT2D eigenvalue weighted by Crippen LogP contribution is 2.35. The van der Waals surface area contributed by atoms with Crippen LogP contribution in [0, 0.1) is 0 Å². The number of rotatable bonds is 6. The molecule has 0 N–H and O–H groups in total. The fraction of sp³-hybridized carbons (Fsp3) is 0.375. The molecule has 6 nitrogen and oxygen atoms in total. The minimum absolute atomic E-state index is 0.171. The van der Waals surface area contributed by atoms with Crippen molar-refractivity contribution in [3.8, 4) is 11.5 Å². The summed E-state index contributed by atoms with van der Waals surface area (Å²) in [6.07, 6.45) is 0.514. The Hall–Kier alpha value is -2.50. The molecule has 0 aliphatic rings. The Morgan fingerprint density at radius 3 is 2.55 bits per heavy atom. The van der Waals surface area contributed by atoms with E-state index < -0.39 is 5.63 Å². The highest BCUT2D eigenvalue weighted by Gasteiger charge is 2.17. The van der Waals surface area contributed by atoms with E-state index in [1.165, 1.54) is 20.3 Å². The summed E-state index contributed by atoms with van der Waals surface area (Å²) in [5.41, 5.74) is 0.539. The first kappa shape index (κ1) is 15.9. The Kier molecular flexibility index (Phi) is 5.04. The summed E-state index contributed by atoms with van der Waals surface area (Å²) in [6, 6.07) is 4.67. The van der Waals surface area contributed by atoms with E-state index in [-0.39, 0.29) is 12.4 Å². The van der Waals surface area contributed by atoms with Gasteiger partial charge in [0, 0.05) is 24.1 Å². The summed E-state index contributed by atoms with van der Waals surface area (Å²) in [5, 5.41) is 0.654. The highest BCUT2D eigenvalue weighted by molar-refractivity contribution is 5.88. The molecule has 0 aliphatic carbocycles. The summed E-state index contributed by atoms with van der Waals surface area (Å²) < 4.78 is 20.9. The standard InChI is InChI=1S/C16H18O6/c1-4-21-14(17)7-5-10-12(19-2)9-13(20-3)11-6-8-15(18)22-16(10)11/h6,8-9H,4-5,7H2,1-3H3. The molecule has 6 heteroatoms. The maximum Gasteiger partial charge on any atom is 0.336 e. The summed E-state index contributed by atoms with van der Waals surface area (Å²) in [7, 11) is 3.03. The van der Waals surface area contributed by atoms with E-state index in [2.05, 4.69) is 0 Å². The van der Waals surface area contributed by atoms with Crippen LogP contribution < -0.4 is 15.1 Å². The van der Waals surface area contributed by atoms with Gasteiger partial charge in [-0.2, -0.15) is 0 Å². The molecule has 0 spiro atoms. The van der Waals surface area contributed by atoms with Crippen molar-refractivity contribution in [3.05, 3.63) is 34.2 Å². The Balaban J connectivity index is 2.52. The Bertz CT molecular complexity index is 731. The lowest BCUT2D eigenvalue weighted by molar-refractivity contribution is -0.143. The number of methoxy groups -OCH3 is 2. The SMILES string of the molecule is CCOC(=O)CCc1c(OC)cc(OC)c2ccc(=O)oc12. The molecule has 0 unspecified atom stereocenters. The van der Waals surface area contributed by atoms with Crippen LogP contribution in [0.1, 0.15) is 18.9 Å². The molecule has 0 bridgehead atoms. The van der Waals surface area contributed by atoms with E-state index >= 15 is 0 Å². The molecule has 0 amide bonds. The first-order valence-electron chi connectivity index (χ1n) is 6.94. The van der Waals surface area contributed by atoms with E-state index in [0.717, 1.165) is 0 Å². The lowest BCUT2D eigenvalue weighted by Gasteiger charge is -2.13. The number of fused-ring (bicyclic) bond motifs is 1. The molecule has 2 rings (SSSR count). The van der Waals surface area contributed by atoms with Crippen molar-refractivity contribution in [2.24, 2.45) is 0 Å². The van der Waals surface area contributed by atoms with Gasteiger partial charge in [0.2, 0.25) is 0 Å². The van der Waals surface area contributed by atoms with E-state index in [1.807, 2.05) is 0 Å². The molecule has 2 aromatic rings. The minimum Gasteiger partial charge on any atom is -0.496 e. The van der Waals surface area contributed by atoms with Crippen molar-refractivity contribution >= 4 is 16.9 Å². The van der Waals surface area contributed by atoms with Crippen LogP contribution in [0.15, 0.2) is 27.4 Å². The molecule has 0 fully saturated rings. The van der Waals surface area contributed by atoms with Gasteiger partial charge in [0.05, 0.1) is 26.2 Å². The third-order valence-electron chi connectivity index (χ3n) is 3.26. The van der Waals surface area contributed by atoms with Crippen LogP contribution >= 0.6 is 0 Å². The van der Waals surface area contributed by atoms with Crippen LogP contribution in [0.25, 0.3) is 11.0 Å². The number of hydrogen-bond donors (Lipinski definition) is 0. The first-order valence-corrected chi connectivity index (χ1v) is 6.94. The lowest BCUT2D eigenvalue weighted by Crippen LogP contribution is -2.07. The number of ether oxygens (including phenoxy) is 3. The Labute approximate surface area is 127 Å². The number of carbonyl (C=O) groups excluding carboxylic acids is 1. The first-order chi connectivity index (χ1) is 10.6. The van der Waals surface area contributed by atoms with Gasteiger partial charge in [0.1, 0.15) is 17.1 Å². The average molecular weight is 306 g/mol. The molecule has 0 aliphatic heterocycles. The zero-order valence-electron chi connectivity index (χ0n) is 12.8. The maximum absolute atomic E-state index is 11.6. The minimum atomic E-state index is -0.472. The molecule has 1 aromatic carbocycles. The third-order valence-corrected chi connectivity index (χ3v) is 3.26. The normalized spacial score (nSPS) is 10.5. The van der Waals surface area contributed by atoms with Gasteiger partial charge < -0.3 is 18.6 Å². The predicted molar refractivity (Wildman–Crippen MR) is 80.5 cm³/mol. The number of esters is 1. The monoisotopic (exact) mass is 306 g/mol. The van der Waals surface area contributed by atoms with Crippen molar-refractivity contribution in [2.75, 3.05) is 20.8 Å². The fourth-order valence-electron chi connectivity index (χ4n) is 2.28. The molecule has 0 saturated carbocycles. The van der Waals surface area contributed by atoms with Gasteiger partial charge in [-0.05, 0) is 19.4 Å². The summed E-state index contributed by atoms with van der Waals surface area (Å²) in [5.74, 6) is 0.727. The maximum atomic E-state index is 11.6. The van der Waals surface area contributed by atoms with Gasteiger partial charge in [-0.15, -0.1) is 0 Å². The third kappa shape index (κ3) is 3.21. The van der Waals surface area contributed by atoms with Gasteiger partial charge in [0.25, 0.3) is 0 Å². The van der Waals surface area contributed by atoms with Gasteiger partial charge >= 0.3 is 11.6 Å². The summed E-state index contributed by atoms with van der Waals surface area (Å²) in [4.78, 5) is 23.1. The predicted octanol–water partition coefficient (Wildman–Crippen LogP) is 2.31. The number of carbonyl (C=O) groups is 1. The Morgan fingerprint density at radius 1 is 1.18 bits per heavy atom. The second-order valence-electron chi connectivity index (χ2n) is 4.56. The van der Waals surface area contributed by atoms with Crippen molar-refractivity contribution in [1.29, 1.82) is 0 Å². The van der Waals surface area contributed by atoms with Crippen molar-refractivity contribution < 1.29 is 23.4 Å². The lowest BCUT2D eigenvalue weighted by atomic mass is 10.0. The molecule has 1 aromatic heterocycles. The van der Waals surface area contributed by atoms with Crippen LogP contribution in [-0.2, 0) is 16.0 Å². The van der Waals surface area contributed by atoms with Crippen molar-refractivity contribution in [2.45, 2.75) is 19.8 Å². The smallest absolute Gasteiger partial charge is 0.336 e. The topological polar surface area (TPSA) is 75.0 Å². The fourth-order valence-corrected chi connectivity index (χ4v) is 2.28. The second-order valence-corrected chi connectivity index (χ2v) is 4.56. The van der Waals surface area contributed by atoms with Crippen LogP contribution in [0.5, 0.6) is 11.5 Å². The molecule has 0 radical (unpaired) electrons. The molecule has 0 saturated heterocycles. The summed E-state index contributed by atoms with van der Waals surface area (Å²) in [6.45, 7) is 2.08. The van der Waals surface area contributed by atoms with E-state index in [4.69, 9.17) is 18.6 Å². The van der Waals surface area contributed by atoms with E-state index in [1.54, 1.807) is 19.1 Å². The van der Waals surface area contributed by atoms with Crippen LogP contribution in [0.4, 0.5) is 0 Å². The van der Waals surface area contributed by atoms with E-state index in [0.29, 0.717) is 41.1 Å². The molecule has 22 heavy (non-hydrogen) atoms. The summed E-state index contributed by atoms with van der Waals surface area (Å²) >= 11 is 0. The Morgan fingerprint density at radius 2 is 1.91 bits per heavy atom. The number of benzene rings is 1. The molecule has 1 heterocycles. The molecule has 0 atom stereocenters. The van der Waals surface area contributed by atoms with Crippen molar-refractivity contribution in [3.63, 3.8) is 0 Å². The van der Waals surface area contributed by atoms with Crippen LogP contribution in [-0.4, -0.2) is 26.8 Å².